The van der Waals surface area contributed by atoms with Crippen LogP contribution in [0.2, 0.25) is 5.15 Å². The second-order valence-electron chi connectivity index (χ2n) is 5.22. The monoisotopic (exact) mass is 296 g/mol. The Morgan fingerprint density at radius 2 is 1.95 bits per heavy atom. The summed E-state index contributed by atoms with van der Waals surface area (Å²) in [5.74, 6) is -0.465. The Balaban J connectivity index is 1.69. The number of piperidine rings is 1. The lowest BCUT2D eigenvalue weighted by Gasteiger charge is -2.37. The summed E-state index contributed by atoms with van der Waals surface area (Å²) in [7, 11) is 0. The maximum Gasteiger partial charge on any atom is 0.254 e. The van der Waals surface area contributed by atoms with E-state index in [1.165, 1.54) is 0 Å². The number of amides is 1. The van der Waals surface area contributed by atoms with Crippen LogP contribution in [0.25, 0.3) is 0 Å². The van der Waals surface area contributed by atoms with Crippen LogP contribution in [0.1, 0.15) is 28.9 Å². The zero-order chi connectivity index (χ0) is 14.2. The molecule has 0 radical (unpaired) electrons. The highest BCUT2D eigenvalue weighted by molar-refractivity contribution is 6.29. The van der Waals surface area contributed by atoms with Gasteiger partial charge in [0.2, 0.25) is 0 Å². The molecule has 6 heteroatoms. The normalized spacial score (nSPS) is 21.4. The van der Waals surface area contributed by atoms with Gasteiger partial charge in [-0.15, -0.1) is 0 Å². The lowest BCUT2D eigenvalue weighted by atomic mass is 10.0. The zero-order valence-electron chi connectivity index (χ0n) is 11.4. The molecule has 5 nitrogen and oxygen atoms in total. The van der Waals surface area contributed by atoms with Crippen molar-refractivity contribution in [3.8, 4) is 0 Å². The number of carbonyl (C=O) groups is 1. The molecule has 0 atom stereocenters. The topological polar surface area (TPSA) is 51.7 Å². The highest BCUT2D eigenvalue weighted by Gasteiger charge is 2.40. The molecule has 0 unspecified atom stereocenters. The minimum atomic E-state index is -0.456. The van der Waals surface area contributed by atoms with Crippen LogP contribution < -0.4 is 0 Å². The van der Waals surface area contributed by atoms with Crippen molar-refractivity contribution in [3.05, 3.63) is 28.5 Å². The third-order valence-electron chi connectivity index (χ3n) is 3.80. The number of pyridine rings is 1. The van der Waals surface area contributed by atoms with Gasteiger partial charge in [-0.05, 0) is 19.1 Å². The van der Waals surface area contributed by atoms with Crippen molar-refractivity contribution in [3.63, 3.8) is 0 Å². The molecule has 0 bridgehead atoms. The molecule has 0 aliphatic carbocycles. The Morgan fingerprint density at radius 3 is 2.55 bits per heavy atom. The fourth-order valence-corrected chi connectivity index (χ4v) is 3.02. The molecule has 1 aromatic rings. The van der Waals surface area contributed by atoms with Crippen LogP contribution in [0.5, 0.6) is 0 Å². The highest BCUT2D eigenvalue weighted by Crippen LogP contribution is 2.31. The molecule has 2 aliphatic rings. The Morgan fingerprint density at radius 1 is 1.30 bits per heavy atom. The summed E-state index contributed by atoms with van der Waals surface area (Å²) in [5, 5.41) is 0.351. The van der Waals surface area contributed by atoms with Gasteiger partial charge in [0.1, 0.15) is 5.15 Å². The first-order chi connectivity index (χ1) is 9.58. The molecular weight excluding hydrogens is 280 g/mol. The maximum atomic E-state index is 12.5. The molecule has 1 amide bonds. The molecule has 2 saturated heterocycles. The summed E-state index contributed by atoms with van der Waals surface area (Å²) in [6.07, 6.45) is 1.44. The van der Waals surface area contributed by atoms with Crippen molar-refractivity contribution in [2.45, 2.75) is 25.6 Å². The van der Waals surface area contributed by atoms with Crippen LogP contribution in [0, 0.1) is 6.92 Å². The van der Waals surface area contributed by atoms with Gasteiger partial charge in [0.15, 0.2) is 5.79 Å². The van der Waals surface area contributed by atoms with E-state index in [4.69, 9.17) is 21.1 Å². The number of hydrogen-bond acceptors (Lipinski definition) is 4. The predicted octanol–water partition coefficient (Wildman–Crippen LogP) is 2.02. The molecule has 3 rings (SSSR count). The van der Waals surface area contributed by atoms with Crippen LogP contribution >= 0.6 is 11.6 Å². The van der Waals surface area contributed by atoms with Gasteiger partial charge in [0.05, 0.1) is 13.2 Å². The van der Waals surface area contributed by atoms with E-state index in [0.717, 1.165) is 18.5 Å². The number of aryl methyl sites for hydroxylation is 1. The third kappa shape index (κ3) is 2.66. The smallest absolute Gasteiger partial charge is 0.254 e. The van der Waals surface area contributed by atoms with Crippen molar-refractivity contribution in [1.29, 1.82) is 0 Å². The van der Waals surface area contributed by atoms with Crippen LogP contribution in [0.3, 0.4) is 0 Å². The first-order valence-corrected chi connectivity index (χ1v) is 7.17. The van der Waals surface area contributed by atoms with Crippen molar-refractivity contribution in [2.24, 2.45) is 0 Å². The first kappa shape index (κ1) is 13.8. The molecule has 1 spiro atoms. The van der Waals surface area contributed by atoms with E-state index in [2.05, 4.69) is 4.98 Å². The predicted molar refractivity (Wildman–Crippen MR) is 73.8 cm³/mol. The van der Waals surface area contributed by atoms with Crippen LogP contribution in [0.4, 0.5) is 0 Å². The maximum absolute atomic E-state index is 12.5. The van der Waals surface area contributed by atoms with Crippen molar-refractivity contribution in [2.75, 3.05) is 26.3 Å². The number of likely N-dealkylation sites (tertiary alicyclic amines) is 1. The van der Waals surface area contributed by atoms with Crippen LogP contribution in [0.15, 0.2) is 12.1 Å². The zero-order valence-corrected chi connectivity index (χ0v) is 12.2. The SMILES string of the molecule is Cc1cc(C(=O)N2CCC3(CC2)OCCO3)cc(Cl)n1. The number of carbonyl (C=O) groups excluding carboxylic acids is 1. The molecule has 2 aliphatic heterocycles. The average Bonchev–Trinajstić information content (AvgIpc) is 2.86. The second kappa shape index (κ2) is 5.31. The van der Waals surface area contributed by atoms with Crippen molar-refractivity contribution >= 4 is 17.5 Å². The Bertz CT molecular complexity index is 499. The number of nitrogens with zero attached hydrogens (tertiary/aromatic N) is 2. The summed E-state index contributed by atoms with van der Waals surface area (Å²) < 4.78 is 11.3. The first-order valence-electron chi connectivity index (χ1n) is 6.79. The number of halogens is 1. The van der Waals surface area contributed by atoms with Gasteiger partial charge >= 0.3 is 0 Å². The molecule has 0 N–H and O–H groups in total. The summed E-state index contributed by atoms with van der Waals surface area (Å²) in [4.78, 5) is 18.4. The summed E-state index contributed by atoms with van der Waals surface area (Å²) in [5.41, 5.74) is 1.34. The highest BCUT2D eigenvalue weighted by atomic mass is 35.5. The minimum Gasteiger partial charge on any atom is -0.347 e. The van der Waals surface area contributed by atoms with Gasteiger partial charge in [0, 0.05) is 37.2 Å². The van der Waals surface area contributed by atoms with Gasteiger partial charge in [-0.1, -0.05) is 11.6 Å². The fourth-order valence-electron chi connectivity index (χ4n) is 2.77. The number of aromatic nitrogens is 1. The van der Waals surface area contributed by atoms with Crippen LogP contribution in [-0.4, -0.2) is 47.9 Å². The summed E-state index contributed by atoms with van der Waals surface area (Å²) in [6.45, 7) is 4.39. The molecule has 2 fully saturated rings. The van der Waals surface area contributed by atoms with Gasteiger partial charge in [0.25, 0.3) is 5.91 Å². The molecular formula is C14H17ClN2O3. The van der Waals surface area contributed by atoms with E-state index in [1.54, 1.807) is 12.1 Å². The fraction of sp³-hybridized carbons (Fsp3) is 0.571. The molecule has 20 heavy (non-hydrogen) atoms. The minimum absolute atomic E-state index is 0.00903. The second-order valence-corrected chi connectivity index (χ2v) is 5.61. The van der Waals surface area contributed by atoms with Gasteiger partial charge in [-0.25, -0.2) is 4.98 Å². The molecule has 0 saturated carbocycles. The Hall–Kier alpha value is -1.17. The molecule has 1 aromatic heterocycles. The van der Waals surface area contributed by atoms with E-state index in [0.29, 0.717) is 37.0 Å². The molecule has 0 aromatic carbocycles. The van der Waals surface area contributed by atoms with Crippen LogP contribution in [-0.2, 0) is 9.47 Å². The number of ether oxygens (including phenoxy) is 2. The Labute approximate surface area is 122 Å². The van der Waals surface area contributed by atoms with Crippen molar-refractivity contribution in [1.82, 2.24) is 9.88 Å². The molecule has 3 heterocycles. The summed E-state index contributed by atoms with van der Waals surface area (Å²) in [6, 6.07) is 3.38. The van der Waals surface area contributed by atoms with E-state index < -0.39 is 5.79 Å². The largest absolute Gasteiger partial charge is 0.347 e. The Kier molecular flexibility index (Phi) is 3.67. The molecule has 108 valence electrons. The van der Waals surface area contributed by atoms with Gasteiger partial charge in [-0.3, -0.25) is 4.79 Å². The average molecular weight is 297 g/mol. The summed E-state index contributed by atoms with van der Waals surface area (Å²) >= 11 is 5.91. The number of hydrogen-bond donors (Lipinski definition) is 0. The van der Waals surface area contributed by atoms with E-state index in [-0.39, 0.29) is 5.91 Å². The van der Waals surface area contributed by atoms with E-state index in [1.807, 2.05) is 11.8 Å². The van der Waals surface area contributed by atoms with E-state index in [9.17, 15) is 4.79 Å². The van der Waals surface area contributed by atoms with Crippen molar-refractivity contribution < 1.29 is 14.3 Å². The standard InChI is InChI=1S/C14H17ClN2O3/c1-10-8-11(9-12(15)16-10)13(18)17-4-2-14(3-5-17)19-6-7-20-14/h8-9H,2-7H2,1H3. The van der Waals surface area contributed by atoms with Gasteiger partial charge in [-0.2, -0.15) is 0 Å². The lowest BCUT2D eigenvalue weighted by molar-refractivity contribution is -0.181. The quantitative estimate of drug-likeness (QED) is 0.744. The number of rotatable bonds is 1. The van der Waals surface area contributed by atoms with E-state index >= 15 is 0 Å². The van der Waals surface area contributed by atoms with Gasteiger partial charge < -0.3 is 14.4 Å². The lowest BCUT2D eigenvalue weighted by Crippen LogP contribution is -2.47. The third-order valence-corrected chi connectivity index (χ3v) is 3.99.